The van der Waals surface area contributed by atoms with Crippen LogP contribution in [-0.2, 0) is 9.59 Å². The molecule has 2 aromatic rings. The Morgan fingerprint density at radius 3 is 2.67 bits per heavy atom. The molecule has 0 saturated carbocycles. The summed E-state index contributed by atoms with van der Waals surface area (Å²) in [5, 5.41) is 1.23. The number of nitrogens with zero attached hydrogens (tertiary/aromatic N) is 1. The summed E-state index contributed by atoms with van der Waals surface area (Å²) in [6.07, 6.45) is 6.69. The number of para-hydroxylation sites is 1. The Morgan fingerprint density at radius 1 is 1.12 bits per heavy atom. The average Bonchev–Trinajstić information content (AvgIpc) is 2.89. The van der Waals surface area contributed by atoms with E-state index >= 15 is 0 Å². The molecule has 2 amide bonds. The van der Waals surface area contributed by atoms with Gasteiger partial charge in [-0.25, -0.2) is 5.01 Å². The number of hydrogen-bond acceptors (Lipinski definition) is 3. The van der Waals surface area contributed by atoms with Crippen LogP contribution in [0.5, 0.6) is 5.75 Å². The van der Waals surface area contributed by atoms with E-state index in [1.807, 2.05) is 6.07 Å². The Hall–Kier alpha value is -3.52. The zero-order valence-corrected chi connectivity index (χ0v) is 12.7. The lowest BCUT2D eigenvalue weighted by atomic mass is 10.1. The molecule has 2 aromatic carbocycles. The smallest absolute Gasteiger partial charge is 0.282 e. The number of benzene rings is 2. The molecule has 0 spiro atoms. The number of nitrogens with one attached hydrogen (secondary N) is 1. The van der Waals surface area contributed by atoms with E-state index in [1.54, 1.807) is 48.5 Å². The molecule has 118 valence electrons. The Morgan fingerprint density at radius 2 is 1.92 bits per heavy atom. The molecular formula is C19H14N2O3. The van der Waals surface area contributed by atoms with Crippen molar-refractivity contribution in [2.24, 2.45) is 0 Å². The molecule has 24 heavy (non-hydrogen) atoms. The Bertz CT molecular complexity index is 850. The third-order valence-corrected chi connectivity index (χ3v) is 3.40. The lowest BCUT2D eigenvalue weighted by molar-refractivity contribution is -0.117. The molecule has 1 fully saturated rings. The second kappa shape index (κ2) is 6.71. The van der Waals surface area contributed by atoms with Crippen LogP contribution in [0.3, 0.4) is 0 Å². The van der Waals surface area contributed by atoms with E-state index in [9.17, 15) is 9.59 Å². The van der Waals surface area contributed by atoms with Crippen LogP contribution in [0.1, 0.15) is 5.56 Å². The molecule has 0 atom stereocenters. The maximum atomic E-state index is 12.5. The highest BCUT2D eigenvalue weighted by Gasteiger charge is 2.34. The molecule has 0 unspecified atom stereocenters. The van der Waals surface area contributed by atoms with Crippen LogP contribution in [0.15, 0.2) is 60.2 Å². The topological polar surface area (TPSA) is 58.6 Å². The summed E-state index contributed by atoms with van der Waals surface area (Å²) in [5.74, 6) is 2.11. The van der Waals surface area contributed by atoms with Gasteiger partial charge in [0.2, 0.25) is 0 Å². The molecule has 0 aliphatic carbocycles. The summed E-state index contributed by atoms with van der Waals surface area (Å²) in [5.41, 5.74) is 3.90. The number of ether oxygens (including phenoxy) is 1. The standard InChI is InChI=1S/C19H14N2O3/c1-2-11-24-16-10-6-7-14(12-16)13-17-18(22)20-21(19(17)23)15-8-4-3-5-9-15/h1,3-10,12-13H,11H2,(H,20,22)/b17-13+. The molecular weight excluding hydrogens is 304 g/mol. The van der Waals surface area contributed by atoms with Crippen molar-refractivity contribution < 1.29 is 14.3 Å². The summed E-state index contributed by atoms with van der Waals surface area (Å²) >= 11 is 0. The predicted octanol–water partition coefficient (Wildman–Crippen LogP) is 2.16. The quantitative estimate of drug-likeness (QED) is 0.534. The van der Waals surface area contributed by atoms with Gasteiger partial charge in [0, 0.05) is 0 Å². The molecule has 1 aliphatic heterocycles. The molecule has 5 nitrogen and oxygen atoms in total. The second-order valence-corrected chi connectivity index (χ2v) is 5.04. The normalized spacial score (nSPS) is 15.3. The minimum Gasteiger partial charge on any atom is -0.481 e. The third kappa shape index (κ3) is 3.13. The SMILES string of the molecule is C#CCOc1cccc(/C=C2\C(=O)NN(c3ccccc3)C2=O)c1. The van der Waals surface area contributed by atoms with E-state index in [0.717, 1.165) is 0 Å². The highest BCUT2D eigenvalue weighted by Crippen LogP contribution is 2.22. The predicted molar refractivity (Wildman–Crippen MR) is 90.8 cm³/mol. The molecule has 0 radical (unpaired) electrons. The fraction of sp³-hybridized carbons (Fsp3) is 0.0526. The lowest BCUT2D eigenvalue weighted by Crippen LogP contribution is -2.35. The zero-order chi connectivity index (χ0) is 16.9. The van der Waals surface area contributed by atoms with Gasteiger partial charge in [-0.1, -0.05) is 36.3 Å². The van der Waals surface area contributed by atoms with Gasteiger partial charge in [0.25, 0.3) is 11.8 Å². The van der Waals surface area contributed by atoms with E-state index in [-0.39, 0.29) is 12.2 Å². The first-order chi connectivity index (χ1) is 11.7. The largest absolute Gasteiger partial charge is 0.481 e. The first kappa shape index (κ1) is 15.4. The number of rotatable bonds is 4. The van der Waals surface area contributed by atoms with Crippen LogP contribution >= 0.6 is 0 Å². The maximum Gasteiger partial charge on any atom is 0.282 e. The van der Waals surface area contributed by atoms with Crippen molar-refractivity contribution in [1.29, 1.82) is 0 Å². The van der Waals surface area contributed by atoms with Gasteiger partial charge >= 0.3 is 0 Å². The molecule has 1 aliphatic rings. The van der Waals surface area contributed by atoms with Gasteiger partial charge in [-0.3, -0.25) is 15.0 Å². The van der Waals surface area contributed by atoms with E-state index in [4.69, 9.17) is 11.2 Å². The van der Waals surface area contributed by atoms with Crippen LogP contribution in [0.4, 0.5) is 5.69 Å². The van der Waals surface area contributed by atoms with Gasteiger partial charge < -0.3 is 4.74 Å². The van der Waals surface area contributed by atoms with Gasteiger partial charge in [-0.15, -0.1) is 6.42 Å². The van der Waals surface area contributed by atoms with Crippen molar-refractivity contribution in [2.75, 3.05) is 11.6 Å². The van der Waals surface area contributed by atoms with E-state index in [1.165, 1.54) is 11.1 Å². The van der Waals surface area contributed by atoms with Gasteiger partial charge in [-0.05, 0) is 35.9 Å². The lowest BCUT2D eigenvalue weighted by Gasteiger charge is -2.13. The number of hydrogen-bond donors (Lipinski definition) is 1. The Kier molecular flexibility index (Phi) is 4.30. The summed E-state index contributed by atoms with van der Waals surface area (Å²) in [4.78, 5) is 24.6. The van der Waals surface area contributed by atoms with Gasteiger partial charge in [-0.2, -0.15) is 0 Å². The molecule has 1 N–H and O–H groups in total. The van der Waals surface area contributed by atoms with Gasteiger partial charge in [0.15, 0.2) is 0 Å². The van der Waals surface area contributed by atoms with Gasteiger partial charge in [0.05, 0.1) is 5.69 Å². The molecule has 0 aromatic heterocycles. The van der Waals surface area contributed by atoms with Crippen molar-refractivity contribution in [1.82, 2.24) is 5.43 Å². The van der Waals surface area contributed by atoms with Crippen LogP contribution < -0.4 is 15.2 Å². The van der Waals surface area contributed by atoms with Crippen molar-refractivity contribution >= 4 is 23.6 Å². The molecule has 3 rings (SSSR count). The fourth-order valence-electron chi connectivity index (χ4n) is 2.30. The van der Waals surface area contributed by atoms with Gasteiger partial charge in [0.1, 0.15) is 17.9 Å². The minimum absolute atomic E-state index is 0.0629. The van der Waals surface area contributed by atoms with Crippen LogP contribution in [0.2, 0.25) is 0 Å². The Labute approximate surface area is 139 Å². The van der Waals surface area contributed by atoms with E-state index < -0.39 is 11.8 Å². The number of carbonyl (C=O) groups is 2. The highest BCUT2D eigenvalue weighted by molar-refractivity contribution is 6.31. The van der Waals surface area contributed by atoms with Crippen molar-refractivity contribution in [3.63, 3.8) is 0 Å². The van der Waals surface area contributed by atoms with Crippen molar-refractivity contribution in [2.45, 2.75) is 0 Å². The Balaban J connectivity index is 1.87. The highest BCUT2D eigenvalue weighted by atomic mass is 16.5. The summed E-state index contributed by atoms with van der Waals surface area (Å²) in [6, 6.07) is 15.9. The number of carbonyl (C=O) groups excluding carboxylic acids is 2. The monoisotopic (exact) mass is 318 g/mol. The zero-order valence-electron chi connectivity index (χ0n) is 12.7. The maximum absolute atomic E-state index is 12.5. The first-order valence-electron chi connectivity index (χ1n) is 7.27. The van der Waals surface area contributed by atoms with E-state index in [0.29, 0.717) is 17.0 Å². The number of hydrazine groups is 1. The van der Waals surface area contributed by atoms with Crippen molar-refractivity contribution in [3.05, 3.63) is 65.7 Å². The summed E-state index contributed by atoms with van der Waals surface area (Å²) < 4.78 is 5.34. The first-order valence-corrected chi connectivity index (χ1v) is 7.27. The second-order valence-electron chi connectivity index (χ2n) is 5.04. The number of anilines is 1. The molecule has 0 bridgehead atoms. The van der Waals surface area contributed by atoms with E-state index in [2.05, 4.69) is 11.3 Å². The van der Waals surface area contributed by atoms with Crippen molar-refractivity contribution in [3.8, 4) is 18.1 Å². The fourth-order valence-corrected chi connectivity index (χ4v) is 2.30. The van der Waals surface area contributed by atoms with Crippen LogP contribution in [0.25, 0.3) is 6.08 Å². The molecule has 1 heterocycles. The summed E-state index contributed by atoms with van der Waals surface area (Å²) in [7, 11) is 0. The van der Waals surface area contributed by atoms with Crippen LogP contribution in [-0.4, -0.2) is 18.4 Å². The third-order valence-electron chi connectivity index (χ3n) is 3.40. The average molecular weight is 318 g/mol. The number of amides is 2. The van der Waals surface area contributed by atoms with Crippen LogP contribution in [0, 0.1) is 12.3 Å². The summed E-state index contributed by atoms with van der Waals surface area (Å²) in [6.45, 7) is 0.154. The number of terminal acetylenes is 1. The molecule has 1 saturated heterocycles. The minimum atomic E-state index is -0.446. The molecule has 5 heteroatoms.